The lowest BCUT2D eigenvalue weighted by molar-refractivity contribution is -0.141. The third-order valence-electron chi connectivity index (χ3n) is 6.80. The topological polar surface area (TPSA) is 96.0 Å². The highest BCUT2D eigenvalue weighted by atomic mass is 35.5. The van der Waals surface area contributed by atoms with Crippen molar-refractivity contribution in [3.05, 3.63) is 88.4 Å². The van der Waals surface area contributed by atoms with E-state index in [0.717, 1.165) is 17.7 Å². The Morgan fingerprint density at radius 1 is 1.00 bits per heavy atom. The average molecular weight is 668 g/mol. The van der Waals surface area contributed by atoms with Crippen molar-refractivity contribution in [2.75, 3.05) is 18.0 Å². The zero-order valence-electron chi connectivity index (χ0n) is 25.9. The normalized spacial score (nSPS) is 12.8. The molecule has 0 radical (unpaired) electrons. The van der Waals surface area contributed by atoms with Crippen LogP contribution in [0.2, 0.25) is 5.02 Å². The van der Waals surface area contributed by atoms with Crippen molar-refractivity contribution in [3.8, 4) is 5.75 Å². The number of hydrogen-bond acceptors (Lipinski definition) is 5. The maximum Gasteiger partial charge on any atom is 0.417 e. The van der Waals surface area contributed by atoms with Crippen LogP contribution in [0.1, 0.15) is 50.8 Å². The van der Waals surface area contributed by atoms with Crippen LogP contribution in [-0.4, -0.2) is 50.4 Å². The Bertz CT molecular complexity index is 1620. The summed E-state index contributed by atoms with van der Waals surface area (Å²) in [5.41, 5.74) is -0.990. The summed E-state index contributed by atoms with van der Waals surface area (Å²) in [4.78, 5) is 28.6. The molecule has 0 aliphatic carbocycles. The van der Waals surface area contributed by atoms with Gasteiger partial charge in [-0.15, -0.1) is 0 Å². The molecule has 3 rings (SSSR count). The first-order valence-corrected chi connectivity index (χ1v) is 15.9. The fraction of sp³-hybridized carbons (Fsp3) is 0.375. The molecule has 0 fully saturated rings. The van der Waals surface area contributed by atoms with Crippen molar-refractivity contribution >= 4 is 39.1 Å². The van der Waals surface area contributed by atoms with Gasteiger partial charge in [-0.2, -0.15) is 13.2 Å². The van der Waals surface area contributed by atoms with Crippen molar-refractivity contribution < 1.29 is 35.9 Å². The van der Waals surface area contributed by atoms with Gasteiger partial charge >= 0.3 is 6.18 Å². The number of sulfonamides is 1. The Morgan fingerprint density at radius 2 is 1.64 bits per heavy atom. The van der Waals surface area contributed by atoms with E-state index in [4.69, 9.17) is 16.3 Å². The highest BCUT2D eigenvalue weighted by Gasteiger charge is 2.37. The van der Waals surface area contributed by atoms with E-state index in [2.05, 4.69) is 5.32 Å². The van der Waals surface area contributed by atoms with Crippen LogP contribution in [0.4, 0.5) is 18.9 Å². The van der Waals surface area contributed by atoms with Crippen molar-refractivity contribution in [1.82, 2.24) is 10.2 Å². The number of carbonyl (C=O) groups excluding carboxylic acids is 2. The number of nitrogens with one attached hydrogen (secondary N) is 1. The van der Waals surface area contributed by atoms with Gasteiger partial charge in [-0.3, -0.25) is 13.9 Å². The van der Waals surface area contributed by atoms with Crippen molar-refractivity contribution in [3.63, 3.8) is 0 Å². The highest BCUT2D eigenvalue weighted by molar-refractivity contribution is 7.92. The second-order valence-corrected chi connectivity index (χ2v) is 13.8. The number of ether oxygens (including phenoxy) is 1. The van der Waals surface area contributed by atoms with E-state index in [1.807, 2.05) is 0 Å². The number of nitrogens with zero attached hydrogens (tertiary/aromatic N) is 2. The number of anilines is 1. The first-order chi connectivity index (χ1) is 20.9. The summed E-state index contributed by atoms with van der Waals surface area (Å²) in [7, 11) is -3.11. The number of aryl methyl sites for hydroxylation is 1. The molecule has 0 unspecified atom stereocenters. The summed E-state index contributed by atoms with van der Waals surface area (Å²) in [5.74, 6) is -0.788. The SMILES string of the molecule is CC[C@@H](C(=O)NC(C)(C)C)N(Cc1cccc(OC)c1)C(=O)CN(c1ccc(Cl)c(C(F)(F)F)c1)S(=O)(=O)c1ccc(C)cc1. The number of methoxy groups -OCH3 is 1. The second-order valence-electron chi connectivity index (χ2n) is 11.5. The molecule has 0 heterocycles. The summed E-state index contributed by atoms with van der Waals surface area (Å²) < 4.78 is 75.4. The van der Waals surface area contributed by atoms with E-state index in [0.29, 0.717) is 21.7 Å². The standard InChI is InChI=1S/C32H37ClF3N3O5S/c1-7-28(30(41)37-31(3,4)5)38(19-22-9-8-10-24(17-22)44-6)29(40)20-39(45(42,43)25-14-11-21(2)12-15-25)23-13-16-27(33)26(18-23)32(34,35)36/h8-18,28H,7,19-20H2,1-6H3,(H,37,41)/t28-/m0/s1. The minimum absolute atomic E-state index is 0.112. The van der Waals surface area contributed by atoms with Crippen LogP contribution in [0, 0.1) is 6.92 Å². The van der Waals surface area contributed by atoms with Crippen LogP contribution < -0.4 is 14.4 Å². The van der Waals surface area contributed by atoms with Crippen molar-refractivity contribution in [2.24, 2.45) is 0 Å². The van der Waals surface area contributed by atoms with Gasteiger partial charge in [0.05, 0.1) is 28.3 Å². The quantitative estimate of drug-likeness (QED) is 0.249. The van der Waals surface area contributed by atoms with Crippen LogP contribution in [-0.2, 0) is 32.3 Å². The first-order valence-electron chi connectivity index (χ1n) is 14.1. The van der Waals surface area contributed by atoms with Gasteiger partial charge in [-0.25, -0.2) is 8.42 Å². The Balaban J connectivity index is 2.17. The molecule has 0 saturated heterocycles. The van der Waals surface area contributed by atoms with E-state index < -0.39 is 62.4 Å². The van der Waals surface area contributed by atoms with Gasteiger partial charge < -0.3 is 15.0 Å². The predicted octanol–water partition coefficient (Wildman–Crippen LogP) is 6.59. The molecule has 1 atom stereocenters. The number of alkyl halides is 3. The maximum absolute atomic E-state index is 14.2. The van der Waals surface area contributed by atoms with Gasteiger partial charge in [0.25, 0.3) is 10.0 Å². The van der Waals surface area contributed by atoms with Crippen LogP contribution in [0.15, 0.2) is 71.6 Å². The molecule has 3 aromatic rings. The van der Waals surface area contributed by atoms with Crippen LogP contribution in [0.5, 0.6) is 5.75 Å². The monoisotopic (exact) mass is 667 g/mol. The molecule has 45 heavy (non-hydrogen) atoms. The smallest absolute Gasteiger partial charge is 0.417 e. The van der Waals surface area contributed by atoms with Crippen LogP contribution in [0.3, 0.4) is 0 Å². The van der Waals surface area contributed by atoms with Gasteiger partial charge in [0.2, 0.25) is 11.8 Å². The molecular formula is C32H37ClF3N3O5S. The van der Waals surface area contributed by atoms with Gasteiger partial charge in [0.15, 0.2) is 0 Å². The third kappa shape index (κ3) is 9.13. The Kier molecular flexibility index (Phi) is 11.2. The van der Waals surface area contributed by atoms with Gasteiger partial charge in [-0.05, 0) is 82.1 Å². The number of rotatable bonds is 11. The fourth-order valence-electron chi connectivity index (χ4n) is 4.59. The highest BCUT2D eigenvalue weighted by Crippen LogP contribution is 2.38. The number of amides is 2. The lowest BCUT2D eigenvalue weighted by atomic mass is 10.1. The van der Waals surface area contributed by atoms with E-state index >= 15 is 0 Å². The molecular weight excluding hydrogens is 631 g/mol. The first kappa shape index (κ1) is 35.7. The summed E-state index contributed by atoms with van der Waals surface area (Å²) in [6.07, 6.45) is -4.73. The number of carbonyl (C=O) groups is 2. The zero-order valence-corrected chi connectivity index (χ0v) is 27.5. The Hall–Kier alpha value is -3.77. The van der Waals surface area contributed by atoms with Crippen molar-refractivity contribution in [2.45, 2.75) is 70.2 Å². The number of halogens is 4. The molecule has 13 heteroatoms. The van der Waals surface area contributed by atoms with E-state index in [1.54, 1.807) is 58.9 Å². The summed E-state index contributed by atoms with van der Waals surface area (Å²) in [6, 6.07) is 14.1. The maximum atomic E-state index is 14.2. The van der Waals surface area contributed by atoms with Crippen molar-refractivity contribution in [1.29, 1.82) is 0 Å². The average Bonchev–Trinajstić information content (AvgIpc) is 2.94. The second kappa shape index (κ2) is 14.1. The van der Waals surface area contributed by atoms with Gasteiger partial charge in [0, 0.05) is 12.1 Å². The molecule has 0 spiro atoms. The minimum Gasteiger partial charge on any atom is -0.497 e. The minimum atomic E-state index is -4.90. The van der Waals surface area contributed by atoms with E-state index in [9.17, 15) is 31.2 Å². The largest absolute Gasteiger partial charge is 0.497 e. The van der Waals surface area contributed by atoms with Crippen LogP contribution >= 0.6 is 11.6 Å². The predicted molar refractivity (Wildman–Crippen MR) is 168 cm³/mol. The van der Waals surface area contributed by atoms with E-state index in [-0.39, 0.29) is 17.9 Å². The van der Waals surface area contributed by atoms with Crippen LogP contribution in [0.25, 0.3) is 0 Å². The number of benzene rings is 3. The third-order valence-corrected chi connectivity index (χ3v) is 8.92. The fourth-order valence-corrected chi connectivity index (χ4v) is 6.22. The molecule has 0 saturated carbocycles. The molecule has 0 aromatic heterocycles. The molecule has 0 bridgehead atoms. The summed E-state index contributed by atoms with van der Waals surface area (Å²) in [5, 5.41) is 2.23. The molecule has 1 N–H and O–H groups in total. The van der Waals surface area contributed by atoms with Gasteiger partial charge in [0.1, 0.15) is 18.3 Å². The molecule has 0 aliphatic rings. The molecule has 8 nitrogen and oxygen atoms in total. The van der Waals surface area contributed by atoms with E-state index in [1.165, 1.54) is 36.3 Å². The molecule has 0 aliphatic heterocycles. The lowest BCUT2D eigenvalue weighted by Crippen LogP contribution is -2.55. The Labute approximate surface area is 267 Å². The molecule has 244 valence electrons. The summed E-state index contributed by atoms with van der Waals surface area (Å²) >= 11 is 5.84. The Morgan fingerprint density at radius 3 is 2.20 bits per heavy atom. The molecule has 3 aromatic carbocycles. The molecule has 2 amide bonds. The lowest BCUT2D eigenvalue weighted by Gasteiger charge is -2.35. The number of hydrogen-bond donors (Lipinski definition) is 1. The zero-order chi connectivity index (χ0) is 33.7. The van der Waals surface area contributed by atoms with Gasteiger partial charge in [-0.1, -0.05) is 48.4 Å². The summed E-state index contributed by atoms with van der Waals surface area (Å²) in [6.45, 7) is 7.77.